The summed E-state index contributed by atoms with van der Waals surface area (Å²) in [5, 5.41) is 0. The van der Waals surface area contributed by atoms with Gasteiger partial charge in [0, 0.05) is 5.92 Å². The lowest BCUT2D eigenvalue weighted by Crippen LogP contribution is -2.20. The Bertz CT molecular complexity index is 409. The quantitative estimate of drug-likeness (QED) is 0.692. The van der Waals surface area contributed by atoms with Crippen LogP contribution in [0, 0.1) is 11.3 Å². The van der Waals surface area contributed by atoms with Crippen molar-refractivity contribution in [2.24, 2.45) is 5.41 Å². The maximum absolute atomic E-state index is 2.27. The van der Waals surface area contributed by atoms with Crippen LogP contribution >= 0.6 is 0 Å². The molecular formula is C17H19. The van der Waals surface area contributed by atoms with Crippen LogP contribution in [0.15, 0.2) is 60.7 Å². The highest BCUT2D eigenvalue weighted by atomic mass is 14.3. The highest BCUT2D eigenvalue weighted by Gasteiger charge is 2.28. The van der Waals surface area contributed by atoms with Crippen LogP contribution in [0.4, 0.5) is 0 Å². The fourth-order valence-electron chi connectivity index (χ4n) is 2.24. The molecule has 0 aromatic heterocycles. The Balaban J connectivity index is 2.48. The Kier molecular flexibility index (Phi) is 3.33. The predicted molar refractivity (Wildman–Crippen MR) is 73.8 cm³/mol. The summed E-state index contributed by atoms with van der Waals surface area (Å²) in [6, 6.07) is 21.3. The van der Waals surface area contributed by atoms with Crippen molar-refractivity contribution in [3.63, 3.8) is 0 Å². The van der Waals surface area contributed by atoms with Gasteiger partial charge in [0.05, 0.1) is 0 Å². The fraction of sp³-hybridized carbons (Fsp3) is 0.235. The van der Waals surface area contributed by atoms with Crippen molar-refractivity contribution in [1.82, 2.24) is 0 Å². The van der Waals surface area contributed by atoms with Gasteiger partial charge < -0.3 is 0 Å². The van der Waals surface area contributed by atoms with Crippen LogP contribution in [0.25, 0.3) is 0 Å². The molecule has 17 heavy (non-hydrogen) atoms. The van der Waals surface area contributed by atoms with Gasteiger partial charge >= 0.3 is 0 Å². The molecule has 0 spiro atoms. The summed E-state index contributed by atoms with van der Waals surface area (Å²) in [6.45, 7) is 6.80. The fourth-order valence-corrected chi connectivity index (χ4v) is 2.24. The Morgan fingerprint density at radius 2 is 1.00 bits per heavy atom. The number of rotatable bonds is 2. The zero-order valence-corrected chi connectivity index (χ0v) is 10.8. The molecule has 0 aliphatic carbocycles. The van der Waals surface area contributed by atoms with E-state index in [-0.39, 0.29) is 5.41 Å². The van der Waals surface area contributed by atoms with Gasteiger partial charge in [0.25, 0.3) is 0 Å². The average Bonchev–Trinajstić information content (AvgIpc) is 2.30. The minimum Gasteiger partial charge on any atom is -0.0622 e. The Morgan fingerprint density at radius 3 is 1.29 bits per heavy atom. The van der Waals surface area contributed by atoms with E-state index >= 15 is 0 Å². The van der Waals surface area contributed by atoms with Gasteiger partial charge in [-0.25, -0.2) is 0 Å². The van der Waals surface area contributed by atoms with Gasteiger partial charge in [0.1, 0.15) is 0 Å². The van der Waals surface area contributed by atoms with Crippen LogP contribution in [0.2, 0.25) is 0 Å². The van der Waals surface area contributed by atoms with Gasteiger partial charge in [0.2, 0.25) is 0 Å². The molecule has 87 valence electrons. The zero-order chi connectivity index (χ0) is 12.3. The molecule has 0 atom stereocenters. The van der Waals surface area contributed by atoms with E-state index < -0.39 is 0 Å². The topological polar surface area (TPSA) is 0 Å². The third-order valence-electron chi connectivity index (χ3n) is 2.87. The molecule has 2 aromatic carbocycles. The van der Waals surface area contributed by atoms with Gasteiger partial charge in [-0.05, 0) is 16.5 Å². The molecular weight excluding hydrogens is 204 g/mol. The summed E-state index contributed by atoms with van der Waals surface area (Å²) >= 11 is 0. The summed E-state index contributed by atoms with van der Waals surface area (Å²) in [5.74, 6) is 1.40. The molecule has 0 heterocycles. The molecule has 0 aliphatic rings. The molecule has 1 radical (unpaired) electrons. The molecule has 0 aliphatic heterocycles. The van der Waals surface area contributed by atoms with E-state index in [1.54, 1.807) is 0 Å². The minimum atomic E-state index is 0.142. The van der Waals surface area contributed by atoms with Crippen LogP contribution in [-0.4, -0.2) is 0 Å². The van der Waals surface area contributed by atoms with Crippen molar-refractivity contribution in [3.8, 4) is 0 Å². The average molecular weight is 223 g/mol. The lowest BCUT2D eigenvalue weighted by Gasteiger charge is -2.31. The first-order valence-electron chi connectivity index (χ1n) is 6.07. The molecule has 0 fully saturated rings. The van der Waals surface area contributed by atoms with Crippen LogP contribution in [0.3, 0.4) is 0 Å². The highest BCUT2D eigenvalue weighted by molar-refractivity contribution is 5.47. The SMILES string of the molecule is CC(C)(C)[C](c1ccccc1)c1ccccc1. The van der Waals surface area contributed by atoms with E-state index in [2.05, 4.69) is 81.4 Å². The molecule has 0 saturated carbocycles. The lowest BCUT2D eigenvalue weighted by molar-refractivity contribution is 0.463. The first-order valence-corrected chi connectivity index (χ1v) is 6.07. The second-order valence-electron chi connectivity index (χ2n) is 5.36. The Hall–Kier alpha value is -1.56. The molecule has 0 amide bonds. The Labute approximate surface area is 104 Å². The van der Waals surface area contributed by atoms with Gasteiger partial charge in [0.15, 0.2) is 0 Å². The smallest absolute Gasteiger partial charge is 0.0393 e. The summed E-state index contributed by atoms with van der Waals surface area (Å²) < 4.78 is 0. The first-order chi connectivity index (χ1) is 8.09. The third-order valence-corrected chi connectivity index (χ3v) is 2.87. The molecule has 0 saturated heterocycles. The maximum atomic E-state index is 2.27. The second-order valence-corrected chi connectivity index (χ2v) is 5.36. The van der Waals surface area contributed by atoms with E-state index in [0.29, 0.717) is 0 Å². The Morgan fingerprint density at radius 1 is 0.647 bits per heavy atom. The first kappa shape index (κ1) is 11.9. The standard InChI is InChI=1S/C17H19/c1-17(2,3)16(14-10-6-4-7-11-14)15-12-8-5-9-13-15/h4-13H,1-3H3. The maximum Gasteiger partial charge on any atom is 0.0393 e. The molecule has 0 unspecified atom stereocenters. The van der Waals surface area contributed by atoms with E-state index in [1.807, 2.05) is 0 Å². The summed E-state index contributed by atoms with van der Waals surface area (Å²) in [7, 11) is 0. The van der Waals surface area contributed by atoms with Crippen molar-refractivity contribution in [3.05, 3.63) is 77.7 Å². The molecule has 2 aromatic rings. The van der Waals surface area contributed by atoms with Crippen LogP contribution in [-0.2, 0) is 0 Å². The molecule has 2 rings (SSSR count). The summed E-state index contributed by atoms with van der Waals surface area (Å²) in [4.78, 5) is 0. The predicted octanol–water partition coefficient (Wildman–Crippen LogP) is 4.70. The van der Waals surface area contributed by atoms with Crippen LogP contribution in [0.5, 0.6) is 0 Å². The van der Waals surface area contributed by atoms with Crippen molar-refractivity contribution in [2.75, 3.05) is 0 Å². The van der Waals surface area contributed by atoms with Gasteiger partial charge in [-0.1, -0.05) is 81.4 Å². The van der Waals surface area contributed by atoms with E-state index in [4.69, 9.17) is 0 Å². The largest absolute Gasteiger partial charge is 0.0622 e. The van der Waals surface area contributed by atoms with Crippen molar-refractivity contribution < 1.29 is 0 Å². The van der Waals surface area contributed by atoms with Crippen LogP contribution in [0.1, 0.15) is 31.9 Å². The molecule has 0 nitrogen and oxygen atoms in total. The van der Waals surface area contributed by atoms with E-state index in [9.17, 15) is 0 Å². The zero-order valence-electron chi connectivity index (χ0n) is 10.8. The highest BCUT2D eigenvalue weighted by Crippen LogP contribution is 2.39. The number of hydrogen-bond donors (Lipinski definition) is 0. The monoisotopic (exact) mass is 223 g/mol. The lowest BCUT2D eigenvalue weighted by atomic mass is 9.73. The number of benzene rings is 2. The minimum absolute atomic E-state index is 0.142. The van der Waals surface area contributed by atoms with Gasteiger partial charge in [-0.2, -0.15) is 0 Å². The summed E-state index contributed by atoms with van der Waals surface area (Å²) in [6.07, 6.45) is 0. The third kappa shape index (κ3) is 2.76. The van der Waals surface area contributed by atoms with Crippen molar-refractivity contribution in [1.29, 1.82) is 0 Å². The summed E-state index contributed by atoms with van der Waals surface area (Å²) in [5.41, 5.74) is 2.76. The van der Waals surface area contributed by atoms with Crippen LogP contribution < -0.4 is 0 Å². The molecule has 0 N–H and O–H groups in total. The number of hydrogen-bond acceptors (Lipinski definition) is 0. The van der Waals surface area contributed by atoms with Gasteiger partial charge in [-0.15, -0.1) is 0 Å². The normalized spacial score (nSPS) is 11.8. The second kappa shape index (κ2) is 4.75. The van der Waals surface area contributed by atoms with Crippen molar-refractivity contribution in [2.45, 2.75) is 20.8 Å². The van der Waals surface area contributed by atoms with E-state index in [0.717, 1.165) is 0 Å². The van der Waals surface area contributed by atoms with Gasteiger partial charge in [-0.3, -0.25) is 0 Å². The molecule has 0 heteroatoms. The molecule has 0 bridgehead atoms. The van der Waals surface area contributed by atoms with Crippen molar-refractivity contribution >= 4 is 0 Å². The van der Waals surface area contributed by atoms with E-state index in [1.165, 1.54) is 17.0 Å².